The van der Waals surface area contributed by atoms with Crippen LogP contribution in [0.1, 0.15) is 37.8 Å². The highest BCUT2D eigenvalue weighted by Crippen LogP contribution is 2.41. The highest BCUT2D eigenvalue weighted by atomic mass is 16.2. The Kier molecular flexibility index (Phi) is 4.54. The van der Waals surface area contributed by atoms with Gasteiger partial charge in [-0.3, -0.25) is 4.79 Å². The summed E-state index contributed by atoms with van der Waals surface area (Å²) in [4.78, 5) is 15.1. The molecule has 0 bridgehead atoms. The zero-order valence-electron chi connectivity index (χ0n) is 15.7. The van der Waals surface area contributed by atoms with Crippen molar-refractivity contribution in [2.75, 3.05) is 13.1 Å². The average molecular weight is 346 g/mol. The normalized spacial score (nSPS) is 12.2. The molecular weight excluding hydrogens is 320 g/mol. The van der Waals surface area contributed by atoms with Gasteiger partial charge in [0.2, 0.25) is 5.91 Å². The van der Waals surface area contributed by atoms with Crippen LogP contribution >= 0.6 is 0 Å². The summed E-state index contributed by atoms with van der Waals surface area (Å²) >= 11 is 0. The maximum atomic E-state index is 13.1. The third-order valence-electron chi connectivity index (χ3n) is 5.34. The lowest BCUT2D eigenvalue weighted by atomic mass is 10.00. The molecule has 0 atom stereocenters. The van der Waals surface area contributed by atoms with Gasteiger partial charge in [0.15, 0.2) is 0 Å². The molecule has 0 radical (unpaired) electrons. The molecule has 0 saturated carbocycles. The number of aromatic nitrogens is 1. The lowest BCUT2D eigenvalue weighted by molar-refractivity contribution is -0.130. The summed E-state index contributed by atoms with van der Waals surface area (Å²) in [5, 5.41) is 1.22. The Morgan fingerprint density at radius 1 is 1.00 bits per heavy atom. The molecule has 26 heavy (non-hydrogen) atoms. The minimum atomic E-state index is 0.247. The van der Waals surface area contributed by atoms with E-state index >= 15 is 0 Å². The standard InChI is InChI=1S/C23H26N2O/c1-3-13-24(14-4-2)22(26)15-20-19-11-7-8-12-21(19)25-16-17-9-5-6-10-18(17)23(20)25/h5-12H,3-4,13-16H2,1-2H3. The fourth-order valence-electron chi connectivity index (χ4n) is 4.25. The van der Waals surface area contributed by atoms with E-state index in [0.717, 1.165) is 32.5 Å². The summed E-state index contributed by atoms with van der Waals surface area (Å²) in [6, 6.07) is 17.1. The molecule has 0 unspecified atom stereocenters. The van der Waals surface area contributed by atoms with Gasteiger partial charge in [-0.2, -0.15) is 0 Å². The minimum Gasteiger partial charge on any atom is -0.342 e. The smallest absolute Gasteiger partial charge is 0.227 e. The first kappa shape index (κ1) is 16.9. The fourth-order valence-corrected chi connectivity index (χ4v) is 4.25. The van der Waals surface area contributed by atoms with Gasteiger partial charge in [-0.05, 0) is 30.0 Å². The molecule has 2 aromatic carbocycles. The summed E-state index contributed by atoms with van der Waals surface area (Å²) in [7, 11) is 0. The highest BCUT2D eigenvalue weighted by Gasteiger charge is 2.27. The molecule has 2 heterocycles. The van der Waals surface area contributed by atoms with Gasteiger partial charge in [-0.25, -0.2) is 0 Å². The number of hydrogen-bond acceptors (Lipinski definition) is 1. The molecule has 1 aliphatic heterocycles. The molecule has 0 aliphatic carbocycles. The Balaban J connectivity index is 1.80. The van der Waals surface area contributed by atoms with Gasteiger partial charge in [0.1, 0.15) is 0 Å². The summed E-state index contributed by atoms with van der Waals surface area (Å²) in [6.45, 7) is 6.86. The van der Waals surface area contributed by atoms with Gasteiger partial charge in [0, 0.05) is 36.1 Å². The van der Waals surface area contributed by atoms with Crippen molar-refractivity contribution in [3.8, 4) is 11.3 Å². The first-order chi connectivity index (χ1) is 12.7. The Bertz CT molecular complexity index is 948. The number of carbonyl (C=O) groups excluding carboxylic acids is 1. The van der Waals surface area contributed by atoms with E-state index in [0.29, 0.717) is 6.42 Å². The van der Waals surface area contributed by atoms with Crippen LogP contribution in [0, 0.1) is 0 Å². The van der Waals surface area contributed by atoms with E-state index in [1.54, 1.807) is 0 Å². The van der Waals surface area contributed by atoms with E-state index < -0.39 is 0 Å². The van der Waals surface area contributed by atoms with Crippen LogP contribution in [0.5, 0.6) is 0 Å². The highest BCUT2D eigenvalue weighted by molar-refractivity contribution is 5.97. The second-order valence-electron chi connectivity index (χ2n) is 7.15. The lowest BCUT2D eigenvalue weighted by Gasteiger charge is -2.21. The van der Waals surface area contributed by atoms with Crippen LogP contribution in [-0.2, 0) is 17.8 Å². The minimum absolute atomic E-state index is 0.247. The van der Waals surface area contributed by atoms with Crippen LogP contribution in [0.2, 0.25) is 0 Å². The van der Waals surface area contributed by atoms with E-state index in [2.05, 4.69) is 66.9 Å². The van der Waals surface area contributed by atoms with Crippen LogP contribution in [0.4, 0.5) is 0 Å². The Labute approximate surface area is 155 Å². The van der Waals surface area contributed by atoms with Gasteiger partial charge < -0.3 is 9.47 Å². The first-order valence-electron chi connectivity index (χ1n) is 9.70. The van der Waals surface area contributed by atoms with Crippen molar-refractivity contribution in [3.63, 3.8) is 0 Å². The number of hydrogen-bond donors (Lipinski definition) is 0. The SMILES string of the molecule is CCCN(CCC)C(=O)Cc1c2n(c3ccccc13)Cc1ccccc1-2. The van der Waals surface area contributed by atoms with E-state index in [-0.39, 0.29) is 5.91 Å². The van der Waals surface area contributed by atoms with Crippen molar-refractivity contribution in [1.29, 1.82) is 0 Å². The predicted molar refractivity (Wildman–Crippen MR) is 107 cm³/mol. The molecule has 1 aliphatic rings. The molecule has 4 rings (SSSR count). The van der Waals surface area contributed by atoms with Crippen molar-refractivity contribution < 1.29 is 4.79 Å². The molecule has 3 heteroatoms. The van der Waals surface area contributed by atoms with Gasteiger partial charge in [0.25, 0.3) is 0 Å². The zero-order chi connectivity index (χ0) is 18.1. The summed E-state index contributed by atoms with van der Waals surface area (Å²) in [5.41, 5.74) is 6.29. The summed E-state index contributed by atoms with van der Waals surface area (Å²) < 4.78 is 2.38. The number of rotatable bonds is 6. The Hall–Kier alpha value is -2.55. The van der Waals surface area contributed by atoms with E-state index in [1.165, 1.54) is 33.3 Å². The van der Waals surface area contributed by atoms with Crippen molar-refractivity contribution >= 4 is 16.8 Å². The second kappa shape index (κ2) is 6.99. The van der Waals surface area contributed by atoms with Crippen LogP contribution in [0.3, 0.4) is 0 Å². The Morgan fingerprint density at radius 2 is 1.69 bits per heavy atom. The third kappa shape index (κ3) is 2.72. The quantitative estimate of drug-likeness (QED) is 0.489. The molecule has 3 nitrogen and oxygen atoms in total. The van der Waals surface area contributed by atoms with Crippen molar-refractivity contribution in [2.45, 2.75) is 39.7 Å². The number of carbonyl (C=O) groups is 1. The van der Waals surface area contributed by atoms with Gasteiger partial charge in [-0.1, -0.05) is 56.3 Å². The van der Waals surface area contributed by atoms with Crippen molar-refractivity contribution in [2.24, 2.45) is 0 Å². The van der Waals surface area contributed by atoms with Crippen LogP contribution in [-0.4, -0.2) is 28.5 Å². The maximum Gasteiger partial charge on any atom is 0.227 e. The van der Waals surface area contributed by atoms with Crippen LogP contribution < -0.4 is 0 Å². The summed E-state index contributed by atoms with van der Waals surface area (Å²) in [5.74, 6) is 0.247. The van der Waals surface area contributed by atoms with Crippen LogP contribution in [0.25, 0.3) is 22.2 Å². The molecular formula is C23H26N2O. The monoisotopic (exact) mass is 346 g/mol. The third-order valence-corrected chi connectivity index (χ3v) is 5.34. The van der Waals surface area contributed by atoms with Gasteiger partial charge >= 0.3 is 0 Å². The molecule has 1 aromatic heterocycles. The van der Waals surface area contributed by atoms with E-state index in [4.69, 9.17) is 0 Å². The maximum absolute atomic E-state index is 13.1. The van der Waals surface area contributed by atoms with Gasteiger partial charge in [-0.15, -0.1) is 0 Å². The average Bonchev–Trinajstić information content (AvgIpc) is 3.18. The van der Waals surface area contributed by atoms with Crippen LogP contribution in [0.15, 0.2) is 48.5 Å². The van der Waals surface area contributed by atoms with Crippen molar-refractivity contribution in [3.05, 3.63) is 59.7 Å². The summed E-state index contributed by atoms with van der Waals surface area (Å²) in [6.07, 6.45) is 2.49. The number of amides is 1. The molecule has 1 amide bonds. The van der Waals surface area contributed by atoms with E-state index in [9.17, 15) is 4.79 Å². The number of nitrogens with zero attached hydrogens (tertiary/aromatic N) is 2. The molecule has 134 valence electrons. The molecule has 3 aromatic rings. The van der Waals surface area contributed by atoms with Gasteiger partial charge in [0.05, 0.1) is 12.1 Å². The number of benzene rings is 2. The predicted octanol–water partition coefficient (Wildman–Crippen LogP) is 4.86. The molecule has 0 fully saturated rings. The zero-order valence-corrected chi connectivity index (χ0v) is 15.7. The second-order valence-corrected chi connectivity index (χ2v) is 7.15. The lowest BCUT2D eigenvalue weighted by Crippen LogP contribution is -2.33. The van der Waals surface area contributed by atoms with Crippen molar-refractivity contribution in [1.82, 2.24) is 9.47 Å². The molecule has 0 N–H and O–H groups in total. The number of fused-ring (bicyclic) bond motifs is 5. The molecule has 0 spiro atoms. The first-order valence-corrected chi connectivity index (χ1v) is 9.70. The van der Waals surface area contributed by atoms with E-state index in [1.807, 2.05) is 4.90 Å². The topological polar surface area (TPSA) is 25.2 Å². The molecule has 0 saturated heterocycles. The largest absolute Gasteiger partial charge is 0.342 e. The fraction of sp³-hybridized carbons (Fsp3) is 0.348. The number of para-hydroxylation sites is 1. The Morgan fingerprint density at radius 3 is 2.46 bits per heavy atom.